The highest BCUT2D eigenvalue weighted by Crippen LogP contribution is 2.23. The van der Waals surface area contributed by atoms with Crippen LogP contribution in [0.15, 0.2) is 0 Å². The summed E-state index contributed by atoms with van der Waals surface area (Å²) in [7, 11) is 0. The van der Waals surface area contributed by atoms with Crippen molar-refractivity contribution in [2.75, 3.05) is 6.54 Å². The molecule has 0 heterocycles. The molecular weight excluding hydrogens is 240 g/mol. The largest absolute Gasteiger partial charge is 0.338 e. The van der Waals surface area contributed by atoms with Crippen LogP contribution < -0.4 is 10.6 Å². The summed E-state index contributed by atoms with van der Waals surface area (Å²) in [6.45, 7) is 8.12. The molecule has 19 heavy (non-hydrogen) atoms. The minimum Gasteiger partial charge on any atom is -0.338 e. The van der Waals surface area contributed by atoms with Crippen molar-refractivity contribution in [1.82, 2.24) is 10.6 Å². The Bertz CT molecular complexity index is 315. The van der Waals surface area contributed by atoms with Gasteiger partial charge in [0.05, 0.1) is 6.04 Å². The fourth-order valence-electron chi connectivity index (χ4n) is 2.74. The van der Waals surface area contributed by atoms with Gasteiger partial charge in [0.1, 0.15) is 0 Å². The quantitative estimate of drug-likeness (QED) is 0.823. The number of carbonyl (C=O) groups excluding carboxylic acids is 2. The van der Waals surface area contributed by atoms with E-state index in [1.165, 1.54) is 39.0 Å². The van der Waals surface area contributed by atoms with Crippen LogP contribution in [0.25, 0.3) is 0 Å². The van der Waals surface area contributed by atoms with Gasteiger partial charge in [-0.1, -0.05) is 40.0 Å². The van der Waals surface area contributed by atoms with Crippen LogP contribution in [-0.2, 0) is 4.79 Å². The second kappa shape index (κ2) is 6.92. The Hall–Kier alpha value is -1.06. The van der Waals surface area contributed by atoms with Gasteiger partial charge < -0.3 is 10.6 Å². The van der Waals surface area contributed by atoms with Crippen molar-refractivity contribution in [2.45, 2.75) is 65.8 Å². The summed E-state index contributed by atoms with van der Waals surface area (Å²) in [5.41, 5.74) is -0.256. The van der Waals surface area contributed by atoms with Crippen LogP contribution in [-0.4, -0.2) is 24.4 Å². The molecule has 1 rings (SSSR count). The number of ketones is 1. The van der Waals surface area contributed by atoms with Crippen molar-refractivity contribution < 1.29 is 9.59 Å². The molecule has 110 valence electrons. The number of hydrogen-bond donors (Lipinski definition) is 2. The lowest BCUT2D eigenvalue weighted by Gasteiger charge is -2.30. The lowest BCUT2D eigenvalue weighted by molar-refractivity contribution is -0.121. The summed E-state index contributed by atoms with van der Waals surface area (Å²) < 4.78 is 0. The number of nitrogens with one attached hydrogen (secondary N) is 2. The van der Waals surface area contributed by atoms with Crippen LogP contribution in [0.3, 0.4) is 0 Å². The summed E-state index contributed by atoms with van der Waals surface area (Å²) >= 11 is 0. The average molecular weight is 268 g/mol. The molecule has 0 saturated heterocycles. The second-order valence-electron chi connectivity index (χ2n) is 6.77. The van der Waals surface area contributed by atoms with E-state index >= 15 is 0 Å². The van der Waals surface area contributed by atoms with Gasteiger partial charge in [0.2, 0.25) is 0 Å². The molecule has 1 fully saturated rings. The maximum Gasteiger partial charge on any atom is 0.315 e. The van der Waals surface area contributed by atoms with Crippen molar-refractivity contribution in [3.8, 4) is 0 Å². The first-order valence-electron chi connectivity index (χ1n) is 7.35. The van der Waals surface area contributed by atoms with E-state index in [1.807, 2.05) is 20.8 Å². The Morgan fingerprint density at radius 1 is 1.16 bits per heavy atom. The molecule has 4 heteroatoms. The number of carbonyl (C=O) groups is 2. The van der Waals surface area contributed by atoms with Crippen molar-refractivity contribution in [2.24, 2.45) is 11.3 Å². The lowest BCUT2D eigenvalue weighted by Crippen LogP contribution is -2.52. The molecule has 1 aliphatic rings. The topological polar surface area (TPSA) is 58.2 Å². The molecule has 0 aromatic carbocycles. The van der Waals surface area contributed by atoms with Gasteiger partial charge in [0.25, 0.3) is 0 Å². The predicted molar refractivity (Wildman–Crippen MR) is 77.0 cm³/mol. The van der Waals surface area contributed by atoms with E-state index in [0.717, 1.165) is 6.54 Å². The maximum atomic E-state index is 11.9. The summed E-state index contributed by atoms with van der Waals surface area (Å²) in [4.78, 5) is 23.5. The zero-order chi connectivity index (χ0) is 14.5. The minimum atomic E-state index is -0.432. The minimum absolute atomic E-state index is 0.000293. The summed E-state index contributed by atoms with van der Waals surface area (Å²) in [6, 6.07) is -0.653. The Balaban J connectivity index is 2.38. The second-order valence-corrected chi connectivity index (χ2v) is 6.77. The fourth-order valence-corrected chi connectivity index (χ4v) is 2.74. The third-order valence-corrected chi connectivity index (χ3v) is 3.82. The maximum absolute atomic E-state index is 11.9. The number of hydrogen-bond acceptors (Lipinski definition) is 2. The van der Waals surface area contributed by atoms with Gasteiger partial charge in [-0.2, -0.15) is 0 Å². The lowest BCUT2D eigenvalue weighted by atomic mass is 9.84. The van der Waals surface area contributed by atoms with Crippen LogP contribution in [0, 0.1) is 11.3 Å². The zero-order valence-electron chi connectivity index (χ0n) is 12.7. The number of urea groups is 1. The van der Waals surface area contributed by atoms with Crippen molar-refractivity contribution in [3.63, 3.8) is 0 Å². The molecule has 1 atom stereocenters. The molecule has 4 nitrogen and oxygen atoms in total. The molecule has 2 N–H and O–H groups in total. The van der Waals surface area contributed by atoms with E-state index in [9.17, 15) is 9.59 Å². The number of amides is 2. The van der Waals surface area contributed by atoms with Gasteiger partial charge in [0, 0.05) is 6.54 Å². The van der Waals surface area contributed by atoms with E-state index < -0.39 is 6.04 Å². The third kappa shape index (κ3) is 5.62. The van der Waals surface area contributed by atoms with Crippen molar-refractivity contribution >= 4 is 11.8 Å². The molecule has 0 spiro atoms. The highest BCUT2D eigenvalue weighted by atomic mass is 16.2. The highest BCUT2D eigenvalue weighted by Gasteiger charge is 2.30. The third-order valence-electron chi connectivity index (χ3n) is 3.82. The molecule has 0 bridgehead atoms. The van der Waals surface area contributed by atoms with Gasteiger partial charge in [0.15, 0.2) is 5.78 Å². The first-order valence-corrected chi connectivity index (χ1v) is 7.35. The average Bonchev–Trinajstić information content (AvgIpc) is 2.33. The van der Waals surface area contributed by atoms with Crippen molar-refractivity contribution in [3.05, 3.63) is 0 Å². The van der Waals surface area contributed by atoms with Gasteiger partial charge in [-0.05, 0) is 31.1 Å². The zero-order valence-corrected chi connectivity index (χ0v) is 12.7. The van der Waals surface area contributed by atoms with Gasteiger partial charge in [-0.3, -0.25) is 4.79 Å². The predicted octanol–water partition coefficient (Wildman–Crippen LogP) is 2.87. The van der Waals surface area contributed by atoms with Crippen LogP contribution in [0.2, 0.25) is 0 Å². The molecular formula is C15H28N2O2. The van der Waals surface area contributed by atoms with Crippen molar-refractivity contribution in [1.29, 1.82) is 0 Å². The fraction of sp³-hybridized carbons (Fsp3) is 0.867. The monoisotopic (exact) mass is 268 g/mol. The Labute approximate surface area is 116 Å². The first-order chi connectivity index (χ1) is 8.80. The first kappa shape index (κ1) is 16.0. The molecule has 0 radical (unpaired) electrons. The van der Waals surface area contributed by atoms with Gasteiger partial charge in [-0.25, -0.2) is 4.79 Å². The Kier molecular flexibility index (Phi) is 5.83. The Morgan fingerprint density at radius 3 is 2.21 bits per heavy atom. The van der Waals surface area contributed by atoms with E-state index in [4.69, 9.17) is 0 Å². The van der Waals surface area contributed by atoms with Crippen LogP contribution in [0.5, 0.6) is 0 Å². The van der Waals surface area contributed by atoms with Crippen LogP contribution >= 0.6 is 0 Å². The van der Waals surface area contributed by atoms with Gasteiger partial charge >= 0.3 is 6.03 Å². The molecule has 1 saturated carbocycles. The summed E-state index contributed by atoms with van der Waals surface area (Å²) in [6.07, 6.45) is 6.27. The summed E-state index contributed by atoms with van der Waals surface area (Å²) in [5.74, 6) is 0.602. The number of Topliss-reactive ketones (excluding diaryl/α,β-unsaturated/α-hetero) is 1. The van der Waals surface area contributed by atoms with Crippen LogP contribution in [0.1, 0.15) is 59.8 Å². The van der Waals surface area contributed by atoms with Crippen LogP contribution in [0.4, 0.5) is 4.79 Å². The summed E-state index contributed by atoms with van der Waals surface area (Å²) in [5, 5.41) is 5.70. The molecule has 1 unspecified atom stereocenters. The SMILES string of the molecule is CC(=O)C(NC(=O)NCC1CCCCC1)C(C)(C)C. The molecule has 0 aromatic rings. The van der Waals surface area contributed by atoms with E-state index in [-0.39, 0.29) is 17.2 Å². The normalized spacial score (nSPS) is 18.7. The Morgan fingerprint density at radius 2 is 1.74 bits per heavy atom. The smallest absolute Gasteiger partial charge is 0.315 e. The number of rotatable bonds is 4. The van der Waals surface area contributed by atoms with E-state index in [0.29, 0.717) is 5.92 Å². The van der Waals surface area contributed by atoms with E-state index in [2.05, 4.69) is 10.6 Å². The molecule has 1 aliphatic carbocycles. The van der Waals surface area contributed by atoms with Gasteiger partial charge in [-0.15, -0.1) is 0 Å². The molecule has 0 aliphatic heterocycles. The standard InChI is InChI=1S/C15H28N2O2/c1-11(18)13(15(2,3)4)17-14(19)16-10-12-8-6-5-7-9-12/h12-13H,5-10H2,1-4H3,(H2,16,17,19). The highest BCUT2D eigenvalue weighted by molar-refractivity contribution is 5.87. The van der Waals surface area contributed by atoms with E-state index in [1.54, 1.807) is 0 Å². The molecule has 2 amide bonds. The molecule has 0 aromatic heterocycles.